The maximum atomic E-state index is 10.9. The maximum absolute atomic E-state index is 10.9. The summed E-state index contributed by atoms with van der Waals surface area (Å²) >= 11 is 0. The molecule has 0 radical (unpaired) electrons. The fraction of sp³-hybridized carbons (Fsp3) is 0. The first-order chi connectivity index (χ1) is 11.5. The molecule has 0 unspecified atom stereocenters. The molecule has 0 aliphatic heterocycles. The highest BCUT2D eigenvalue weighted by Crippen LogP contribution is 2.34. The summed E-state index contributed by atoms with van der Waals surface area (Å²) < 4.78 is 0. The zero-order valence-corrected chi connectivity index (χ0v) is 12.3. The Bertz CT molecular complexity index is 983. The van der Waals surface area contributed by atoms with Gasteiger partial charge in [0.25, 0.3) is 0 Å². The molecule has 0 aliphatic carbocycles. The second-order valence-electron chi connectivity index (χ2n) is 5.11. The van der Waals surface area contributed by atoms with Crippen LogP contribution in [0.25, 0.3) is 10.8 Å². The summed E-state index contributed by atoms with van der Waals surface area (Å²) in [4.78, 5) is 10.9. The molecule has 0 aromatic heterocycles. The van der Waals surface area contributed by atoms with Crippen molar-refractivity contribution in [3.63, 3.8) is 0 Å². The van der Waals surface area contributed by atoms with E-state index in [1.54, 1.807) is 18.2 Å². The first-order valence-corrected chi connectivity index (χ1v) is 6.95. The van der Waals surface area contributed by atoms with E-state index in [1.807, 2.05) is 0 Å². The lowest BCUT2D eigenvalue weighted by molar-refractivity contribution is 0.0694. The highest BCUT2D eigenvalue weighted by Gasteiger charge is 2.09. The average molecular weight is 323 g/mol. The van der Waals surface area contributed by atoms with Gasteiger partial charge in [0.15, 0.2) is 0 Å². The van der Waals surface area contributed by atoms with Crippen LogP contribution < -0.4 is 5.73 Å². The van der Waals surface area contributed by atoms with Crippen molar-refractivity contribution in [1.29, 1.82) is 0 Å². The SMILES string of the molecule is Nc1ccc(/N=N/c2ccc(C(=O)O)c(O)c2)c2ccc(O)cc12. The van der Waals surface area contributed by atoms with E-state index >= 15 is 0 Å². The molecule has 5 N–H and O–H groups in total. The van der Waals surface area contributed by atoms with Crippen molar-refractivity contribution in [3.05, 3.63) is 54.1 Å². The number of fused-ring (bicyclic) bond motifs is 1. The standard InChI is InChI=1S/C17H13N3O4/c18-14-5-6-15(11-4-2-10(21)8-13(11)14)20-19-9-1-3-12(17(23)24)16(22)7-9/h1-8,21-22H,18H2,(H,23,24)/b20-19+. The third-order valence-corrected chi connectivity index (χ3v) is 3.50. The molecule has 0 atom stereocenters. The molecule has 0 saturated heterocycles. The largest absolute Gasteiger partial charge is 0.508 e. The molecule has 3 rings (SSSR count). The molecule has 0 aliphatic rings. The van der Waals surface area contributed by atoms with Crippen LogP contribution in [0.5, 0.6) is 11.5 Å². The van der Waals surface area contributed by atoms with Gasteiger partial charge in [-0.25, -0.2) is 4.79 Å². The summed E-state index contributed by atoms with van der Waals surface area (Å²) in [6.45, 7) is 0. The monoisotopic (exact) mass is 323 g/mol. The van der Waals surface area contributed by atoms with Crippen molar-refractivity contribution >= 4 is 33.8 Å². The number of hydrogen-bond acceptors (Lipinski definition) is 6. The molecule has 3 aromatic carbocycles. The van der Waals surface area contributed by atoms with Crippen molar-refractivity contribution in [2.45, 2.75) is 0 Å². The number of phenols is 2. The summed E-state index contributed by atoms with van der Waals surface area (Å²) in [6, 6.07) is 12.0. The lowest BCUT2D eigenvalue weighted by atomic mass is 10.1. The van der Waals surface area contributed by atoms with Gasteiger partial charge in [-0.1, -0.05) is 0 Å². The van der Waals surface area contributed by atoms with Crippen LogP contribution in [0.3, 0.4) is 0 Å². The van der Waals surface area contributed by atoms with Gasteiger partial charge in [0.05, 0.1) is 11.4 Å². The summed E-state index contributed by atoms with van der Waals surface area (Å²) in [5.41, 5.74) is 7.03. The van der Waals surface area contributed by atoms with Gasteiger partial charge in [-0.3, -0.25) is 0 Å². The molecule has 0 amide bonds. The number of carboxylic acids is 1. The van der Waals surface area contributed by atoms with Crippen LogP contribution in [0.15, 0.2) is 58.8 Å². The van der Waals surface area contributed by atoms with Crippen LogP contribution in [-0.2, 0) is 0 Å². The van der Waals surface area contributed by atoms with Crippen molar-refractivity contribution in [3.8, 4) is 11.5 Å². The predicted molar refractivity (Wildman–Crippen MR) is 89.3 cm³/mol. The zero-order chi connectivity index (χ0) is 17.3. The molecule has 7 nitrogen and oxygen atoms in total. The topological polar surface area (TPSA) is 128 Å². The van der Waals surface area contributed by atoms with Crippen LogP contribution in [-0.4, -0.2) is 21.3 Å². The fourth-order valence-corrected chi connectivity index (χ4v) is 2.30. The summed E-state index contributed by atoms with van der Waals surface area (Å²) in [7, 11) is 0. The number of aromatic carboxylic acids is 1. The molecular formula is C17H13N3O4. The number of anilines is 1. The van der Waals surface area contributed by atoms with Gasteiger partial charge < -0.3 is 21.1 Å². The number of nitrogen functional groups attached to an aromatic ring is 1. The number of aromatic hydroxyl groups is 2. The minimum Gasteiger partial charge on any atom is -0.508 e. The van der Waals surface area contributed by atoms with Crippen LogP contribution in [0, 0.1) is 0 Å². The Kier molecular flexibility index (Phi) is 3.75. The van der Waals surface area contributed by atoms with Gasteiger partial charge in [0.2, 0.25) is 0 Å². The van der Waals surface area contributed by atoms with Crippen molar-refractivity contribution < 1.29 is 20.1 Å². The average Bonchev–Trinajstić information content (AvgIpc) is 2.54. The zero-order valence-electron chi connectivity index (χ0n) is 12.3. The lowest BCUT2D eigenvalue weighted by Crippen LogP contribution is -1.95. The van der Waals surface area contributed by atoms with Gasteiger partial charge >= 0.3 is 5.97 Å². The van der Waals surface area contributed by atoms with Gasteiger partial charge in [-0.2, -0.15) is 5.11 Å². The molecule has 0 bridgehead atoms. The predicted octanol–water partition coefficient (Wildman–Crippen LogP) is 3.95. The second kappa shape index (κ2) is 5.88. The molecule has 7 heteroatoms. The van der Waals surface area contributed by atoms with Gasteiger partial charge in [-0.05, 0) is 42.5 Å². The van der Waals surface area contributed by atoms with E-state index in [1.165, 1.54) is 30.3 Å². The van der Waals surface area contributed by atoms with E-state index in [0.29, 0.717) is 27.8 Å². The normalized spacial score (nSPS) is 11.2. The van der Waals surface area contributed by atoms with Crippen molar-refractivity contribution in [2.75, 3.05) is 5.73 Å². The Hall–Kier alpha value is -3.61. The van der Waals surface area contributed by atoms with Gasteiger partial charge in [0, 0.05) is 22.5 Å². The third-order valence-electron chi connectivity index (χ3n) is 3.50. The smallest absolute Gasteiger partial charge is 0.339 e. The second-order valence-corrected chi connectivity index (χ2v) is 5.11. The number of carbonyl (C=O) groups is 1. The summed E-state index contributed by atoms with van der Waals surface area (Å²) in [6.07, 6.45) is 0. The Morgan fingerprint density at radius 1 is 0.917 bits per heavy atom. The molecule has 0 spiro atoms. The molecule has 0 saturated carbocycles. The first kappa shape index (κ1) is 15.3. The number of phenolic OH excluding ortho intramolecular Hbond substituents is 1. The third kappa shape index (κ3) is 2.82. The molecule has 0 fully saturated rings. The van der Waals surface area contributed by atoms with Gasteiger partial charge in [0.1, 0.15) is 17.1 Å². The Morgan fingerprint density at radius 3 is 2.42 bits per heavy atom. The van der Waals surface area contributed by atoms with Crippen LogP contribution in [0.1, 0.15) is 10.4 Å². The number of hydrogen-bond donors (Lipinski definition) is 4. The molecule has 24 heavy (non-hydrogen) atoms. The summed E-state index contributed by atoms with van der Waals surface area (Å²) in [5.74, 6) is -1.51. The number of rotatable bonds is 3. The van der Waals surface area contributed by atoms with Gasteiger partial charge in [-0.15, -0.1) is 5.11 Å². The van der Waals surface area contributed by atoms with E-state index in [0.717, 1.165) is 0 Å². The molecular weight excluding hydrogens is 310 g/mol. The highest BCUT2D eigenvalue weighted by atomic mass is 16.4. The van der Waals surface area contributed by atoms with E-state index in [4.69, 9.17) is 10.8 Å². The Balaban J connectivity index is 2.01. The molecule has 0 heterocycles. The maximum Gasteiger partial charge on any atom is 0.339 e. The van der Waals surface area contributed by atoms with E-state index in [2.05, 4.69) is 10.2 Å². The number of carboxylic acid groups (broad SMARTS) is 1. The quantitative estimate of drug-likeness (QED) is 0.428. The Labute approximate surface area is 136 Å². The number of nitrogens with zero attached hydrogens (tertiary/aromatic N) is 2. The van der Waals surface area contributed by atoms with Crippen molar-refractivity contribution in [2.24, 2.45) is 10.2 Å². The van der Waals surface area contributed by atoms with Crippen LogP contribution in [0.2, 0.25) is 0 Å². The minimum absolute atomic E-state index is 0.0949. The van der Waals surface area contributed by atoms with Crippen molar-refractivity contribution in [1.82, 2.24) is 0 Å². The number of nitrogens with two attached hydrogens (primary N) is 1. The van der Waals surface area contributed by atoms with E-state index in [9.17, 15) is 15.0 Å². The highest BCUT2D eigenvalue weighted by molar-refractivity contribution is 6.00. The molecule has 120 valence electrons. The number of azo groups is 1. The number of benzene rings is 3. The first-order valence-electron chi connectivity index (χ1n) is 6.95. The fourth-order valence-electron chi connectivity index (χ4n) is 2.30. The molecule has 3 aromatic rings. The van der Waals surface area contributed by atoms with Crippen LogP contribution >= 0.6 is 0 Å². The Morgan fingerprint density at radius 2 is 1.71 bits per heavy atom. The van der Waals surface area contributed by atoms with E-state index < -0.39 is 5.97 Å². The lowest BCUT2D eigenvalue weighted by Gasteiger charge is -2.05. The van der Waals surface area contributed by atoms with E-state index in [-0.39, 0.29) is 17.1 Å². The summed E-state index contributed by atoms with van der Waals surface area (Å²) in [5, 5.41) is 37.6. The minimum atomic E-state index is -1.22. The van der Waals surface area contributed by atoms with Crippen LogP contribution in [0.4, 0.5) is 17.1 Å².